The summed E-state index contributed by atoms with van der Waals surface area (Å²) in [5.41, 5.74) is 0.880. The Balaban J connectivity index is 1.83. The molecule has 2 N–H and O–H groups in total. The summed E-state index contributed by atoms with van der Waals surface area (Å²) in [7, 11) is 1.83. The van der Waals surface area contributed by atoms with E-state index in [1.165, 1.54) is 0 Å². The molecule has 0 radical (unpaired) electrons. The molecule has 6 heteroatoms. The first-order valence-electron chi connectivity index (χ1n) is 5.64. The van der Waals surface area contributed by atoms with E-state index in [-0.39, 0.29) is 0 Å². The number of hydrogen-bond donors (Lipinski definition) is 2. The molecule has 2 rings (SSSR count). The van der Waals surface area contributed by atoms with Crippen molar-refractivity contribution in [3.63, 3.8) is 0 Å². The molecule has 0 saturated carbocycles. The van der Waals surface area contributed by atoms with E-state index in [0.717, 1.165) is 15.9 Å². The van der Waals surface area contributed by atoms with Gasteiger partial charge in [-0.3, -0.25) is 4.68 Å². The second kappa shape index (κ2) is 6.08. The second-order valence-electron chi connectivity index (χ2n) is 4.04. The van der Waals surface area contributed by atoms with E-state index in [9.17, 15) is 5.11 Å². The SMILES string of the molecule is Cn1cnc(CNCC(O)c2cccc(Br)c2)n1. The Bertz CT molecular complexity index is 514. The molecule has 96 valence electrons. The molecule has 0 amide bonds. The highest BCUT2D eigenvalue weighted by Crippen LogP contribution is 2.17. The zero-order valence-electron chi connectivity index (χ0n) is 10.0. The van der Waals surface area contributed by atoms with E-state index in [1.807, 2.05) is 31.3 Å². The molecule has 1 atom stereocenters. The van der Waals surface area contributed by atoms with Crippen LogP contribution in [0.4, 0.5) is 0 Å². The summed E-state index contributed by atoms with van der Waals surface area (Å²) in [5.74, 6) is 0.721. The van der Waals surface area contributed by atoms with Crippen LogP contribution in [0.1, 0.15) is 17.5 Å². The maximum Gasteiger partial charge on any atom is 0.164 e. The van der Waals surface area contributed by atoms with Crippen LogP contribution >= 0.6 is 15.9 Å². The molecule has 1 aromatic carbocycles. The Hall–Kier alpha value is -1.24. The van der Waals surface area contributed by atoms with Gasteiger partial charge in [-0.1, -0.05) is 28.1 Å². The highest BCUT2D eigenvalue weighted by atomic mass is 79.9. The summed E-state index contributed by atoms with van der Waals surface area (Å²) in [6.45, 7) is 1.01. The molecule has 1 unspecified atom stereocenters. The van der Waals surface area contributed by atoms with Crippen LogP contribution in [0.5, 0.6) is 0 Å². The van der Waals surface area contributed by atoms with E-state index in [4.69, 9.17) is 0 Å². The average molecular weight is 311 g/mol. The van der Waals surface area contributed by atoms with Crippen molar-refractivity contribution in [3.05, 3.63) is 46.5 Å². The smallest absolute Gasteiger partial charge is 0.164 e. The first kappa shape index (κ1) is 13.2. The predicted octanol–water partition coefficient (Wildman–Crippen LogP) is 1.40. The first-order chi connectivity index (χ1) is 8.65. The molecule has 0 saturated heterocycles. The van der Waals surface area contributed by atoms with Crippen molar-refractivity contribution in [1.29, 1.82) is 0 Å². The Morgan fingerprint density at radius 3 is 3.00 bits per heavy atom. The van der Waals surface area contributed by atoms with Crippen molar-refractivity contribution in [2.24, 2.45) is 7.05 Å². The molecule has 0 spiro atoms. The van der Waals surface area contributed by atoms with Crippen LogP contribution in [-0.4, -0.2) is 26.4 Å². The minimum Gasteiger partial charge on any atom is -0.387 e. The Labute approximate surface area is 114 Å². The summed E-state index contributed by atoms with van der Waals surface area (Å²) in [5, 5.41) is 17.3. The highest BCUT2D eigenvalue weighted by Gasteiger charge is 2.07. The number of halogens is 1. The molecule has 18 heavy (non-hydrogen) atoms. The third kappa shape index (κ3) is 3.63. The fourth-order valence-corrected chi connectivity index (χ4v) is 2.03. The maximum atomic E-state index is 10.00. The molecule has 5 nitrogen and oxygen atoms in total. The number of nitrogens with zero attached hydrogens (tertiary/aromatic N) is 3. The van der Waals surface area contributed by atoms with E-state index >= 15 is 0 Å². The maximum absolute atomic E-state index is 10.00. The van der Waals surface area contributed by atoms with E-state index in [0.29, 0.717) is 13.1 Å². The van der Waals surface area contributed by atoms with Crippen LogP contribution in [0.2, 0.25) is 0 Å². The number of benzene rings is 1. The summed E-state index contributed by atoms with van der Waals surface area (Å²) in [4.78, 5) is 4.10. The van der Waals surface area contributed by atoms with Gasteiger partial charge in [0.1, 0.15) is 6.33 Å². The van der Waals surface area contributed by atoms with Gasteiger partial charge >= 0.3 is 0 Å². The minimum absolute atomic E-state index is 0.467. The number of nitrogens with one attached hydrogen (secondary N) is 1. The van der Waals surface area contributed by atoms with Crippen molar-refractivity contribution < 1.29 is 5.11 Å². The Morgan fingerprint density at radius 2 is 2.33 bits per heavy atom. The van der Waals surface area contributed by atoms with Crippen molar-refractivity contribution in [1.82, 2.24) is 20.1 Å². The lowest BCUT2D eigenvalue weighted by molar-refractivity contribution is 0.174. The second-order valence-corrected chi connectivity index (χ2v) is 4.95. The van der Waals surface area contributed by atoms with Gasteiger partial charge in [-0.25, -0.2) is 4.98 Å². The number of hydrogen-bond acceptors (Lipinski definition) is 4. The number of aromatic nitrogens is 3. The summed E-state index contributed by atoms with van der Waals surface area (Å²) in [6.07, 6.45) is 1.12. The lowest BCUT2D eigenvalue weighted by Crippen LogP contribution is -2.21. The van der Waals surface area contributed by atoms with Gasteiger partial charge in [-0.05, 0) is 17.7 Å². The molecule has 0 aliphatic heterocycles. The third-order valence-electron chi connectivity index (χ3n) is 2.50. The van der Waals surface area contributed by atoms with Gasteiger partial charge in [0.05, 0.1) is 12.6 Å². The number of aryl methyl sites for hydroxylation is 1. The molecule has 1 heterocycles. The van der Waals surface area contributed by atoms with E-state index in [1.54, 1.807) is 11.0 Å². The fraction of sp³-hybridized carbons (Fsp3) is 0.333. The largest absolute Gasteiger partial charge is 0.387 e. The lowest BCUT2D eigenvalue weighted by Gasteiger charge is -2.11. The van der Waals surface area contributed by atoms with Gasteiger partial charge in [0.2, 0.25) is 0 Å². The molecular weight excluding hydrogens is 296 g/mol. The quantitative estimate of drug-likeness (QED) is 0.876. The highest BCUT2D eigenvalue weighted by molar-refractivity contribution is 9.10. The average Bonchev–Trinajstić information content (AvgIpc) is 2.75. The molecule has 2 aromatic rings. The van der Waals surface area contributed by atoms with Crippen molar-refractivity contribution >= 4 is 15.9 Å². The fourth-order valence-electron chi connectivity index (χ4n) is 1.62. The minimum atomic E-state index is -0.536. The van der Waals surface area contributed by atoms with Crippen LogP contribution in [0, 0.1) is 0 Å². The van der Waals surface area contributed by atoms with Gasteiger partial charge in [-0.2, -0.15) is 5.10 Å². The number of aliphatic hydroxyl groups is 1. The normalized spacial score (nSPS) is 12.6. The topological polar surface area (TPSA) is 63.0 Å². The zero-order valence-corrected chi connectivity index (χ0v) is 11.6. The van der Waals surface area contributed by atoms with Gasteiger partial charge in [-0.15, -0.1) is 0 Å². The van der Waals surface area contributed by atoms with Crippen LogP contribution < -0.4 is 5.32 Å². The molecule has 1 aromatic heterocycles. The molecule has 0 aliphatic rings. The Morgan fingerprint density at radius 1 is 1.50 bits per heavy atom. The van der Waals surface area contributed by atoms with Crippen molar-refractivity contribution in [2.45, 2.75) is 12.6 Å². The van der Waals surface area contributed by atoms with Gasteiger partial charge in [0, 0.05) is 18.1 Å². The first-order valence-corrected chi connectivity index (χ1v) is 6.43. The van der Waals surface area contributed by atoms with Gasteiger partial charge < -0.3 is 10.4 Å². The molecule has 0 bridgehead atoms. The lowest BCUT2D eigenvalue weighted by atomic mass is 10.1. The summed E-state index contributed by atoms with van der Waals surface area (Å²) < 4.78 is 2.62. The van der Waals surface area contributed by atoms with E-state index < -0.39 is 6.10 Å². The third-order valence-corrected chi connectivity index (χ3v) is 2.99. The molecular formula is C12H15BrN4O. The Kier molecular flexibility index (Phi) is 4.46. The number of rotatable bonds is 5. The molecule has 0 fully saturated rings. The van der Waals surface area contributed by atoms with Crippen molar-refractivity contribution in [3.8, 4) is 0 Å². The van der Waals surface area contributed by atoms with E-state index in [2.05, 4.69) is 31.3 Å². The van der Waals surface area contributed by atoms with Crippen LogP contribution in [0.15, 0.2) is 35.1 Å². The zero-order chi connectivity index (χ0) is 13.0. The molecule has 0 aliphatic carbocycles. The number of aliphatic hydroxyl groups excluding tert-OH is 1. The standard InChI is InChI=1S/C12H15BrN4O/c1-17-8-15-12(16-17)7-14-6-11(18)9-3-2-4-10(13)5-9/h2-5,8,11,14,18H,6-7H2,1H3. The van der Waals surface area contributed by atoms with Gasteiger partial charge in [0.25, 0.3) is 0 Å². The van der Waals surface area contributed by atoms with Crippen LogP contribution in [0.3, 0.4) is 0 Å². The summed E-state index contributed by atoms with van der Waals surface area (Å²) >= 11 is 3.38. The summed E-state index contributed by atoms with van der Waals surface area (Å²) in [6, 6.07) is 7.64. The van der Waals surface area contributed by atoms with Crippen LogP contribution in [0.25, 0.3) is 0 Å². The van der Waals surface area contributed by atoms with Gasteiger partial charge in [0.15, 0.2) is 5.82 Å². The monoisotopic (exact) mass is 310 g/mol. The van der Waals surface area contributed by atoms with Crippen molar-refractivity contribution in [2.75, 3.05) is 6.54 Å². The predicted molar refractivity (Wildman–Crippen MR) is 71.8 cm³/mol. The van der Waals surface area contributed by atoms with Crippen LogP contribution in [-0.2, 0) is 13.6 Å².